The van der Waals surface area contributed by atoms with Gasteiger partial charge in [-0.3, -0.25) is 9.52 Å². The molecule has 186 valence electrons. The fourth-order valence-corrected chi connectivity index (χ4v) is 6.72. The molecule has 0 bridgehead atoms. The smallest absolute Gasteiger partial charge is 0.261 e. The number of thiazole rings is 1. The molecular formula is C27H28N4O3S2. The number of para-hydroxylation sites is 1. The Labute approximate surface area is 215 Å². The van der Waals surface area contributed by atoms with E-state index in [1.54, 1.807) is 64.8 Å². The minimum Gasteiger partial charge on any atom is -0.345 e. The van der Waals surface area contributed by atoms with Crippen LogP contribution in [0.4, 0.5) is 10.8 Å². The zero-order chi connectivity index (χ0) is 25.4. The van der Waals surface area contributed by atoms with Crippen molar-refractivity contribution >= 4 is 48.3 Å². The molecule has 0 unspecified atom stereocenters. The number of hydrogen-bond acceptors (Lipinski definition) is 6. The van der Waals surface area contributed by atoms with Gasteiger partial charge in [-0.15, -0.1) is 0 Å². The maximum absolute atomic E-state index is 13.4. The maximum Gasteiger partial charge on any atom is 0.261 e. The Bertz CT molecular complexity index is 1540. The first-order chi connectivity index (χ1) is 17.2. The number of amides is 1. The largest absolute Gasteiger partial charge is 0.345 e. The molecule has 1 saturated heterocycles. The molecule has 0 saturated carbocycles. The van der Waals surface area contributed by atoms with E-state index in [2.05, 4.69) is 35.6 Å². The monoisotopic (exact) mass is 520 g/mol. The number of nitrogens with one attached hydrogen (secondary N) is 1. The zero-order valence-corrected chi connectivity index (χ0v) is 22.1. The first-order valence-electron chi connectivity index (χ1n) is 11.8. The van der Waals surface area contributed by atoms with Gasteiger partial charge < -0.3 is 9.80 Å². The molecule has 36 heavy (non-hydrogen) atoms. The van der Waals surface area contributed by atoms with Crippen molar-refractivity contribution in [2.45, 2.75) is 25.7 Å². The second kappa shape index (κ2) is 9.55. The summed E-state index contributed by atoms with van der Waals surface area (Å²) >= 11 is 1.68. The third-order valence-corrected chi connectivity index (χ3v) is 8.83. The van der Waals surface area contributed by atoms with Crippen molar-refractivity contribution in [3.05, 3.63) is 82.9 Å². The van der Waals surface area contributed by atoms with E-state index in [-0.39, 0.29) is 16.5 Å². The van der Waals surface area contributed by atoms with E-state index in [1.807, 2.05) is 6.92 Å². The van der Waals surface area contributed by atoms with E-state index >= 15 is 0 Å². The Morgan fingerprint density at radius 1 is 0.917 bits per heavy atom. The molecular weight excluding hydrogens is 492 g/mol. The van der Waals surface area contributed by atoms with Crippen molar-refractivity contribution in [2.24, 2.45) is 0 Å². The normalized spacial score (nSPS) is 14.3. The van der Waals surface area contributed by atoms with Crippen LogP contribution < -0.4 is 9.62 Å². The highest BCUT2D eigenvalue weighted by atomic mass is 32.2. The topological polar surface area (TPSA) is 82.6 Å². The van der Waals surface area contributed by atoms with Crippen molar-refractivity contribution < 1.29 is 13.2 Å². The van der Waals surface area contributed by atoms with Crippen LogP contribution >= 0.6 is 11.3 Å². The number of nitrogens with zero attached hydrogens (tertiary/aromatic N) is 3. The first kappa shape index (κ1) is 24.3. The van der Waals surface area contributed by atoms with Gasteiger partial charge in [-0.2, -0.15) is 0 Å². The maximum atomic E-state index is 13.4. The Hall–Kier alpha value is -3.43. The fourth-order valence-electron chi connectivity index (χ4n) is 4.45. The molecule has 0 radical (unpaired) electrons. The van der Waals surface area contributed by atoms with Gasteiger partial charge in [-0.1, -0.05) is 47.2 Å². The minimum absolute atomic E-state index is 0.158. The number of piperazine rings is 1. The molecule has 4 aromatic rings. The van der Waals surface area contributed by atoms with E-state index in [9.17, 15) is 13.2 Å². The standard InChI is InChI=1S/C27H28N4O3S2/c1-18-8-10-21(11-9-18)36(33,34)29-23-7-5-4-6-22(23)26(32)30-12-14-31(15-13-30)27-28-25-20(3)16-19(2)17-24(25)35-27/h4-11,16-17,29H,12-15H2,1-3H3. The summed E-state index contributed by atoms with van der Waals surface area (Å²) in [7, 11) is -3.82. The van der Waals surface area contributed by atoms with Crippen LogP contribution in [-0.2, 0) is 10.0 Å². The number of benzene rings is 3. The Kier molecular flexibility index (Phi) is 6.44. The molecule has 1 N–H and O–H groups in total. The first-order valence-corrected chi connectivity index (χ1v) is 14.1. The molecule has 7 nitrogen and oxygen atoms in total. The van der Waals surface area contributed by atoms with Gasteiger partial charge in [0.05, 0.1) is 26.4 Å². The molecule has 1 aliphatic heterocycles. The average molecular weight is 521 g/mol. The summed E-state index contributed by atoms with van der Waals surface area (Å²) in [6, 6.07) is 17.7. The van der Waals surface area contributed by atoms with Crippen LogP contribution in [0.2, 0.25) is 0 Å². The SMILES string of the molecule is Cc1ccc(S(=O)(=O)Nc2ccccc2C(=O)N2CCN(c3nc4c(C)cc(C)cc4s3)CC2)cc1. The molecule has 0 spiro atoms. The van der Waals surface area contributed by atoms with Gasteiger partial charge in [0.1, 0.15) is 0 Å². The minimum atomic E-state index is -3.82. The molecule has 1 fully saturated rings. The second-order valence-corrected chi connectivity index (χ2v) is 11.9. The van der Waals surface area contributed by atoms with Crippen LogP contribution in [0.25, 0.3) is 10.2 Å². The quantitative estimate of drug-likeness (QED) is 0.401. The molecule has 1 aromatic heterocycles. The van der Waals surface area contributed by atoms with Gasteiger partial charge in [0, 0.05) is 26.2 Å². The van der Waals surface area contributed by atoms with Crippen LogP contribution in [-0.4, -0.2) is 50.4 Å². The van der Waals surface area contributed by atoms with E-state index in [0.717, 1.165) is 16.2 Å². The van der Waals surface area contributed by atoms with Crippen molar-refractivity contribution in [2.75, 3.05) is 35.8 Å². The number of sulfonamides is 1. The summed E-state index contributed by atoms with van der Waals surface area (Å²) < 4.78 is 29.7. The molecule has 3 aromatic carbocycles. The second-order valence-electron chi connectivity index (χ2n) is 9.17. The number of anilines is 2. The van der Waals surface area contributed by atoms with Gasteiger partial charge in [0.25, 0.3) is 15.9 Å². The number of carbonyl (C=O) groups excluding carboxylic acids is 1. The molecule has 1 amide bonds. The van der Waals surface area contributed by atoms with Crippen LogP contribution in [0.1, 0.15) is 27.0 Å². The van der Waals surface area contributed by atoms with E-state index in [1.165, 1.54) is 15.8 Å². The molecule has 2 heterocycles. The highest BCUT2D eigenvalue weighted by Gasteiger charge is 2.26. The van der Waals surface area contributed by atoms with Crippen LogP contribution in [0.3, 0.4) is 0 Å². The molecule has 0 aliphatic carbocycles. The number of fused-ring (bicyclic) bond motifs is 1. The lowest BCUT2D eigenvalue weighted by Gasteiger charge is -2.34. The third kappa shape index (κ3) is 4.81. The zero-order valence-electron chi connectivity index (χ0n) is 20.5. The van der Waals surface area contributed by atoms with E-state index in [4.69, 9.17) is 4.98 Å². The van der Waals surface area contributed by atoms with Gasteiger partial charge >= 0.3 is 0 Å². The van der Waals surface area contributed by atoms with Gasteiger partial charge in [0.2, 0.25) is 0 Å². The number of carbonyl (C=O) groups is 1. The lowest BCUT2D eigenvalue weighted by atomic mass is 10.1. The fraction of sp³-hybridized carbons (Fsp3) is 0.259. The molecule has 9 heteroatoms. The lowest BCUT2D eigenvalue weighted by Crippen LogP contribution is -2.48. The predicted octanol–water partition coefficient (Wildman–Crippen LogP) is 4.98. The summed E-state index contributed by atoms with van der Waals surface area (Å²) in [6.45, 7) is 8.48. The molecule has 5 rings (SSSR count). The number of aryl methyl sites for hydroxylation is 3. The van der Waals surface area contributed by atoms with Gasteiger partial charge in [0.15, 0.2) is 5.13 Å². The molecule has 0 atom stereocenters. The summed E-state index contributed by atoms with van der Waals surface area (Å²) in [6.07, 6.45) is 0. The lowest BCUT2D eigenvalue weighted by molar-refractivity contribution is 0.0748. The van der Waals surface area contributed by atoms with Crippen molar-refractivity contribution in [3.8, 4) is 0 Å². The van der Waals surface area contributed by atoms with Gasteiger partial charge in [-0.05, 0) is 62.2 Å². The Morgan fingerprint density at radius 3 is 2.33 bits per heavy atom. The highest BCUT2D eigenvalue weighted by Crippen LogP contribution is 2.32. The van der Waals surface area contributed by atoms with Crippen LogP contribution in [0, 0.1) is 20.8 Å². The van der Waals surface area contributed by atoms with Gasteiger partial charge in [-0.25, -0.2) is 13.4 Å². The van der Waals surface area contributed by atoms with Crippen molar-refractivity contribution in [1.29, 1.82) is 0 Å². The van der Waals surface area contributed by atoms with Crippen molar-refractivity contribution in [3.63, 3.8) is 0 Å². The Balaban J connectivity index is 1.31. The molecule has 1 aliphatic rings. The summed E-state index contributed by atoms with van der Waals surface area (Å²) in [5.74, 6) is -0.187. The van der Waals surface area contributed by atoms with Crippen LogP contribution in [0.5, 0.6) is 0 Å². The third-order valence-electron chi connectivity index (χ3n) is 6.39. The number of hydrogen-bond donors (Lipinski definition) is 1. The summed E-state index contributed by atoms with van der Waals surface area (Å²) in [4.78, 5) is 22.4. The number of rotatable bonds is 5. The predicted molar refractivity (Wildman–Crippen MR) is 146 cm³/mol. The Morgan fingerprint density at radius 2 is 1.61 bits per heavy atom. The summed E-state index contributed by atoms with van der Waals surface area (Å²) in [5, 5.41) is 0.969. The van der Waals surface area contributed by atoms with E-state index in [0.29, 0.717) is 31.7 Å². The highest BCUT2D eigenvalue weighted by molar-refractivity contribution is 7.92. The van der Waals surface area contributed by atoms with E-state index < -0.39 is 10.0 Å². The average Bonchev–Trinajstić information content (AvgIpc) is 3.29. The number of aromatic nitrogens is 1. The summed E-state index contributed by atoms with van der Waals surface area (Å²) in [5.41, 5.74) is 5.03. The van der Waals surface area contributed by atoms with Crippen LogP contribution in [0.15, 0.2) is 65.6 Å². The van der Waals surface area contributed by atoms with Crippen molar-refractivity contribution in [1.82, 2.24) is 9.88 Å².